The van der Waals surface area contributed by atoms with Crippen molar-refractivity contribution in [1.82, 2.24) is 10.6 Å². The van der Waals surface area contributed by atoms with Gasteiger partial charge in [-0.25, -0.2) is 0 Å². The lowest BCUT2D eigenvalue weighted by atomic mass is 9.89. The van der Waals surface area contributed by atoms with Crippen LogP contribution in [0.5, 0.6) is 0 Å². The fourth-order valence-corrected chi connectivity index (χ4v) is 5.73. The molecule has 0 heterocycles. The van der Waals surface area contributed by atoms with Gasteiger partial charge in [-0.15, -0.1) is 0 Å². The molecule has 6 atom stereocenters. The number of thiocarbonyl (C=S) groups is 1. The standard InChI is InChI=1S/C16H26N2S/c19-16(18-15-8-11-2-4-13(15)6-11)17-9-14-7-10-1-3-12(14)5-10/h10-15H,1-9H2,(H2,17,18,19)/t10-,11-,12-,13-,14-,15+/m0/s1. The van der Waals surface area contributed by atoms with E-state index in [0.29, 0.717) is 6.04 Å². The molecule has 2 nitrogen and oxygen atoms in total. The van der Waals surface area contributed by atoms with E-state index in [1.807, 2.05) is 0 Å². The van der Waals surface area contributed by atoms with Gasteiger partial charge in [-0.05, 0) is 80.3 Å². The molecule has 106 valence electrons. The molecule has 0 amide bonds. The zero-order valence-electron chi connectivity index (χ0n) is 11.7. The second-order valence-electron chi connectivity index (χ2n) is 7.57. The molecule has 0 aromatic carbocycles. The van der Waals surface area contributed by atoms with E-state index in [4.69, 9.17) is 12.2 Å². The summed E-state index contributed by atoms with van der Waals surface area (Å²) in [6, 6.07) is 0.679. The Bertz CT molecular complexity index is 370. The quantitative estimate of drug-likeness (QED) is 0.776. The molecule has 4 aliphatic carbocycles. The summed E-state index contributed by atoms with van der Waals surface area (Å²) >= 11 is 5.50. The monoisotopic (exact) mass is 278 g/mol. The van der Waals surface area contributed by atoms with Crippen LogP contribution in [0.15, 0.2) is 0 Å². The molecule has 0 aromatic heterocycles. The third-order valence-corrected chi connectivity index (χ3v) is 6.73. The van der Waals surface area contributed by atoms with Gasteiger partial charge in [0.05, 0.1) is 0 Å². The number of nitrogens with one attached hydrogen (secondary N) is 2. The first-order valence-corrected chi connectivity index (χ1v) is 8.73. The lowest BCUT2D eigenvalue weighted by Crippen LogP contribution is -2.45. The van der Waals surface area contributed by atoms with E-state index in [2.05, 4.69) is 10.6 Å². The summed E-state index contributed by atoms with van der Waals surface area (Å²) in [5.74, 6) is 4.85. The zero-order chi connectivity index (χ0) is 12.8. The topological polar surface area (TPSA) is 24.1 Å². The van der Waals surface area contributed by atoms with Crippen LogP contribution in [-0.2, 0) is 0 Å². The van der Waals surface area contributed by atoms with E-state index >= 15 is 0 Å². The predicted molar refractivity (Wildman–Crippen MR) is 81.9 cm³/mol. The van der Waals surface area contributed by atoms with Gasteiger partial charge in [0.1, 0.15) is 0 Å². The van der Waals surface area contributed by atoms with E-state index in [0.717, 1.165) is 41.2 Å². The van der Waals surface area contributed by atoms with Crippen molar-refractivity contribution in [1.29, 1.82) is 0 Å². The smallest absolute Gasteiger partial charge is 0.166 e. The molecule has 4 rings (SSSR count). The molecule has 0 spiro atoms. The number of hydrogen-bond acceptors (Lipinski definition) is 1. The van der Waals surface area contributed by atoms with E-state index in [9.17, 15) is 0 Å². The Labute approximate surface area is 122 Å². The molecular formula is C16H26N2S. The molecule has 0 radical (unpaired) electrons. The third-order valence-electron chi connectivity index (χ3n) is 6.46. The zero-order valence-corrected chi connectivity index (χ0v) is 12.6. The average molecular weight is 278 g/mol. The maximum Gasteiger partial charge on any atom is 0.166 e. The second kappa shape index (κ2) is 4.91. The van der Waals surface area contributed by atoms with Crippen LogP contribution in [-0.4, -0.2) is 17.7 Å². The Morgan fingerprint density at radius 2 is 1.63 bits per heavy atom. The van der Waals surface area contributed by atoms with Crippen LogP contribution in [0, 0.1) is 29.6 Å². The van der Waals surface area contributed by atoms with Crippen molar-refractivity contribution in [3.63, 3.8) is 0 Å². The molecule has 0 aliphatic heterocycles. The van der Waals surface area contributed by atoms with Gasteiger partial charge in [0, 0.05) is 12.6 Å². The van der Waals surface area contributed by atoms with Crippen molar-refractivity contribution in [2.45, 2.75) is 57.4 Å². The Hall–Kier alpha value is -0.310. The summed E-state index contributed by atoms with van der Waals surface area (Å²) in [6.45, 7) is 1.12. The van der Waals surface area contributed by atoms with E-state index in [1.54, 1.807) is 0 Å². The van der Waals surface area contributed by atoms with Gasteiger partial charge >= 0.3 is 0 Å². The predicted octanol–water partition coefficient (Wildman–Crippen LogP) is 3.08. The van der Waals surface area contributed by atoms with Crippen LogP contribution < -0.4 is 10.6 Å². The Morgan fingerprint density at radius 3 is 2.21 bits per heavy atom. The van der Waals surface area contributed by atoms with Gasteiger partial charge in [0.15, 0.2) is 5.11 Å². The fraction of sp³-hybridized carbons (Fsp3) is 0.938. The number of fused-ring (bicyclic) bond motifs is 4. The highest BCUT2D eigenvalue weighted by Gasteiger charge is 2.41. The first-order valence-electron chi connectivity index (χ1n) is 8.32. The first kappa shape index (κ1) is 12.4. The molecule has 0 aromatic rings. The van der Waals surface area contributed by atoms with Crippen molar-refractivity contribution >= 4 is 17.3 Å². The number of rotatable bonds is 3. The minimum absolute atomic E-state index is 0.679. The highest BCUT2D eigenvalue weighted by atomic mass is 32.1. The van der Waals surface area contributed by atoms with Gasteiger partial charge < -0.3 is 10.6 Å². The molecular weight excluding hydrogens is 252 g/mol. The molecule has 4 saturated carbocycles. The van der Waals surface area contributed by atoms with Gasteiger partial charge in [0.2, 0.25) is 0 Å². The van der Waals surface area contributed by atoms with E-state index < -0.39 is 0 Å². The van der Waals surface area contributed by atoms with Crippen LogP contribution in [0.1, 0.15) is 51.4 Å². The normalized spacial score (nSPS) is 46.7. The maximum absolute atomic E-state index is 5.50. The molecule has 0 unspecified atom stereocenters. The van der Waals surface area contributed by atoms with E-state index in [-0.39, 0.29) is 0 Å². The summed E-state index contributed by atoms with van der Waals surface area (Å²) in [6.07, 6.45) is 11.6. The minimum atomic E-state index is 0.679. The van der Waals surface area contributed by atoms with Crippen molar-refractivity contribution in [3.8, 4) is 0 Å². The molecule has 3 heteroatoms. The van der Waals surface area contributed by atoms with Gasteiger partial charge in [0.25, 0.3) is 0 Å². The van der Waals surface area contributed by atoms with Crippen molar-refractivity contribution in [3.05, 3.63) is 0 Å². The molecule has 0 saturated heterocycles. The van der Waals surface area contributed by atoms with E-state index in [1.165, 1.54) is 51.4 Å². The summed E-state index contributed by atoms with van der Waals surface area (Å²) in [4.78, 5) is 0. The number of hydrogen-bond donors (Lipinski definition) is 2. The molecule has 4 fully saturated rings. The lowest BCUT2D eigenvalue weighted by Gasteiger charge is -2.26. The second-order valence-corrected chi connectivity index (χ2v) is 7.98. The minimum Gasteiger partial charge on any atom is -0.362 e. The largest absolute Gasteiger partial charge is 0.362 e. The van der Waals surface area contributed by atoms with Crippen molar-refractivity contribution in [2.75, 3.05) is 6.54 Å². The van der Waals surface area contributed by atoms with Crippen LogP contribution in [0.2, 0.25) is 0 Å². The van der Waals surface area contributed by atoms with Crippen LogP contribution >= 0.6 is 12.2 Å². The summed E-state index contributed by atoms with van der Waals surface area (Å²) in [5, 5.41) is 8.05. The summed E-state index contributed by atoms with van der Waals surface area (Å²) in [5.41, 5.74) is 0. The van der Waals surface area contributed by atoms with Crippen molar-refractivity contribution in [2.24, 2.45) is 29.6 Å². The third kappa shape index (κ3) is 2.39. The SMILES string of the molecule is S=C(NC[C@@H]1C[C@H]2CC[C@H]1C2)N[C@@H]1C[C@H]2CC[C@H]1C2. The highest BCUT2D eigenvalue weighted by Crippen LogP contribution is 2.48. The lowest BCUT2D eigenvalue weighted by molar-refractivity contribution is 0.330. The Balaban J connectivity index is 1.22. The molecule has 19 heavy (non-hydrogen) atoms. The van der Waals surface area contributed by atoms with Crippen LogP contribution in [0.4, 0.5) is 0 Å². The first-order chi connectivity index (χ1) is 9.28. The summed E-state index contributed by atoms with van der Waals surface area (Å²) in [7, 11) is 0. The van der Waals surface area contributed by atoms with Gasteiger partial charge in [-0.1, -0.05) is 12.8 Å². The fourth-order valence-electron chi connectivity index (χ4n) is 5.49. The molecule has 4 bridgehead atoms. The van der Waals surface area contributed by atoms with Crippen LogP contribution in [0.25, 0.3) is 0 Å². The highest BCUT2D eigenvalue weighted by molar-refractivity contribution is 7.80. The molecule has 4 aliphatic rings. The van der Waals surface area contributed by atoms with Crippen molar-refractivity contribution < 1.29 is 0 Å². The Kier molecular flexibility index (Phi) is 3.21. The maximum atomic E-state index is 5.50. The van der Waals surface area contributed by atoms with Gasteiger partial charge in [-0.2, -0.15) is 0 Å². The van der Waals surface area contributed by atoms with Crippen LogP contribution in [0.3, 0.4) is 0 Å². The summed E-state index contributed by atoms with van der Waals surface area (Å²) < 4.78 is 0. The molecule has 2 N–H and O–H groups in total. The van der Waals surface area contributed by atoms with Gasteiger partial charge in [-0.3, -0.25) is 0 Å². The average Bonchev–Trinajstić information content (AvgIpc) is 3.16. The Morgan fingerprint density at radius 1 is 0.895 bits per heavy atom.